The molecular formula is C27H32N2O. The van der Waals surface area contributed by atoms with Crippen molar-refractivity contribution >= 4 is 10.9 Å². The summed E-state index contributed by atoms with van der Waals surface area (Å²) in [6, 6.07) is 17.1. The van der Waals surface area contributed by atoms with Gasteiger partial charge in [-0.05, 0) is 74.8 Å². The second-order valence-electron chi connectivity index (χ2n) is 9.40. The Labute approximate surface area is 179 Å². The van der Waals surface area contributed by atoms with Crippen molar-refractivity contribution in [2.24, 2.45) is 0 Å². The van der Waals surface area contributed by atoms with E-state index in [-0.39, 0.29) is 11.0 Å². The topological polar surface area (TPSA) is 35.0 Å². The lowest BCUT2D eigenvalue weighted by Crippen LogP contribution is -2.46. The highest BCUT2D eigenvalue weighted by molar-refractivity contribution is 5.78. The van der Waals surface area contributed by atoms with Crippen LogP contribution in [0.25, 0.3) is 10.9 Å². The highest BCUT2D eigenvalue weighted by Crippen LogP contribution is 2.50. The molecule has 3 heterocycles. The maximum Gasteiger partial charge on any atom is 0.0702 e. The van der Waals surface area contributed by atoms with Crippen LogP contribution in [0.15, 0.2) is 60.9 Å². The molecule has 0 N–H and O–H groups in total. The highest BCUT2D eigenvalue weighted by atomic mass is 16.5. The van der Waals surface area contributed by atoms with Gasteiger partial charge in [-0.25, -0.2) is 0 Å². The second kappa shape index (κ2) is 8.47. The minimum Gasteiger partial charge on any atom is -0.375 e. The van der Waals surface area contributed by atoms with Crippen LogP contribution in [0.1, 0.15) is 69.0 Å². The summed E-state index contributed by atoms with van der Waals surface area (Å²) in [6.07, 6.45) is 16.1. The molecule has 1 saturated heterocycles. The van der Waals surface area contributed by atoms with Crippen LogP contribution < -0.4 is 0 Å². The van der Waals surface area contributed by atoms with Gasteiger partial charge in [0.2, 0.25) is 0 Å². The molecule has 3 aromatic rings. The molecule has 0 unspecified atom stereocenters. The number of unbranched alkanes of at least 4 members (excludes halogenated alkanes) is 1. The van der Waals surface area contributed by atoms with E-state index in [1.165, 1.54) is 61.6 Å². The number of hydrogen-bond donors (Lipinski definition) is 0. The SMILES string of the molecule is c1ccc([C@]2(CCCCc3cnc4ccccc4c3)CCOC3(CCCC3)C2)nc1. The van der Waals surface area contributed by atoms with E-state index in [9.17, 15) is 0 Å². The number of rotatable bonds is 6. The maximum atomic E-state index is 6.38. The van der Waals surface area contributed by atoms with E-state index < -0.39 is 0 Å². The molecular weight excluding hydrogens is 368 g/mol. The number of nitrogens with zero attached hydrogens (tertiary/aromatic N) is 2. The molecule has 3 heteroatoms. The normalized spacial score (nSPS) is 23.2. The lowest BCUT2D eigenvalue weighted by atomic mass is 9.67. The predicted molar refractivity (Wildman–Crippen MR) is 122 cm³/mol. The molecule has 0 amide bonds. The van der Waals surface area contributed by atoms with Crippen LogP contribution in [0.5, 0.6) is 0 Å². The molecule has 1 saturated carbocycles. The molecule has 5 rings (SSSR count). The van der Waals surface area contributed by atoms with Gasteiger partial charge in [-0.2, -0.15) is 0 Å². The molecule has 0 radical (unpaired) electrons. The van der Waals surface area contributed by atoms with E-state index in [2.05, 4.69) is 53.6 Å². The summed E-state index contributed by atoms with van der Waals surface area (Å²) in [7, 11) is 0. The average Bonchev–Trinajstić information content (AvgIpc) is 3.24. The number of para-hydroxylation sites is 1. The Hall–Kier alpha value is -2.26. The fourth-order valence-corrected chi connectivity index (χ4v) is 5.84. The summed E-state index contributed by atoms with van der Waals surface area (Å²) >= 11 is 0. The Morgan fingerprint density at radius 2 is 1.77 bits per heavy atom. The third-order valence-electron chi connectivity index (χ3n) is 7.39. The first-order valence-electron chi connectivity index (χ1n) is 11.7. The average molecular weight is 401 g/mol. The first kappa shape index (κ1) is 19.7. The zero-order valence-corrected chi connectivity index (χ0v) is 17.9. The number of ether oxygens (including phenoxy) is 1. The Balaban J connectivity index is 1.28. The Kier molecular flexibility index (Phi) is 5.56. The fraction of sp³-hybridized carbons (Fsp3) is 0.481. The number of aromatic nitrogens is 2. The molecule has 1 atom stereocenters. The van der Waals surface area contributed by atoms with E-state index in [1.807, 2.05) is 12.3 Å². The number of fused-ring (bicyclic) bond motifs is 1. The van der Waals surface area contributed by atoms with Crippen molar-refractivity contribution in [3.63, 3.8) is 0 Å². The van der Waals surface area contributed by atoms with Crippen LogP contribution >= 0.6 is 0 Å². The Bertz CT molecular complexity index is 980. The molecule has 1 aromatic carbocycles. The van der Waals surface area contributed by atoms with Crippen LogP contribution in [0.2, 0.25) is 0 Å². The van der Waals surface area contributed by atoms with Crippen LogP contribution in [-0.4, -0.2) is 22.2 Å². The van der Waals surface area contributed by atoms with E-state index in [4.69, 9.17) is 9.72 Å². The largest absolute Gasteiger partial charge is 0.375 e. The summed E-state index contributed by atoms with van der Waals surface area (Å²) in [6.45, 7) is 0.880. The Morgan fingerprint density at radius 1 is 0.900 bits per heavy atom. The molecule has 1 aliphatic heterocycles. The third kappa shape index (κ3) is 4.00. The van der Waals surface area contributed by atoms with E-state index >= 15 is 0 Å². The first-order chi connectivity index (χ1) is 14.8. The number of benzene rings is 1. The van der Waals surface area contributed by atoms with Gasteiger partial charge in [0.05, 0.1) is 11.1 Å². The fourth-order valence-electron chi connectivity index (χ4n) is 5.84. The summed E-state index contributed by atoms with van der Waals surface area (Å²) < 4.78 is 6.38. The molecule has 1 spiro atoms. The molecule has 1 aliphatic carbocycles. The molecule has 156 valence electrons. The summed E-state index contributed by atoms with van der Waals surface area (Å²) in [5, 5.41) is 1.24. The van der Waals surface area contributed by atoms with E-state index in [0.29, 0.717) is 0 Å². The number of aryl methyl sites for hydroxylation is 1. The predicted octanol–water partition coefficient (Wildman–Crippen LogP) is 6.40. The lowest BCUT2D eigenvalue weighted by molar-refractivity contribution is -0.104. The van der Waals surface area contributed by atoms with Crippen molar-refractivity contribution in [1.29, 1.82) is 0 Å². The molecule has 3 nitrogen and oxygen atoms in total. The van der Waals surface area contributed by atoms with Gasteiger partial charge in [-0.3, -0.25) is 9.97 Å². The van der Waals surface area contributed by atoms with Crippen molar-refractivity contribution in [2.75, 3.05) is 6.61 Å². The van der Waals surface area contributed by atoms with Gasteiger partial charge in [0.15, 0.2) is 0 Å². The minimum atomic E-state index is 0.109. The van der Waals surface area contributed by atoms with Gasteiger partial charge in [-0.15, -0.1) is 0 Å². The molecule has 2 aromatic heterocycles. The standard InChI is InChI=1S/C27H32N2O/c1-2-11-24-23(10-1)19-22(20-29-24)9-3-5-13-26(25-12-4-8-17-28-25)16-18-30-27(21-26)14-6-7-15-27/h1-2,4,8,10-12,17,19-20H,3,5-7,9,13-16,18,21H2/t26-/m1/s1. The van der Waals surface area contributed by atoms with Crippen LogP contribution in [-0.2, 0) is 16.6 Å². The lowest BCUT2D eigenvalue weighted by Gasteiger charge is -2.46. The van der Waals surface area contributed by atoms with Gasteiger partial charge in [0.25, 0.3) is 0 Å². The van der Waals surface area contributed by atoms with Crippen molar-refractivity contribution in [2.45, 2.75) is 75.2 Å². The van der Waals surface area contributed by atoms with Crippen molar-refractivity contribution < 1.29 is 4.74 Å². The maximum absolute atomic E-state index is 6.38. The first-order valence-corrected chi connectivity index (χ1v) is 11.7. The minimum absolute atomic E-state index is 0.109. The Morgan fingerprint density at radius 3 is 2.63 bits per heavy atom. The van der Waals surface area contributed by atoms with Crippen molar-refractivity contribution in [3.8, 4) is 0 Å². The van der Waals surface area contributed by atoms with Gasteiger partial charge in [0, 0.05) is 35.5 Å². The van der Waals surface area contributed by atoms with Gasteiger partial charge in [0.1, 0.15) is 0 Å². The van der Waals surface area contributed by atoms with Crippen LogP contribution in [0.4, 0.5) is 0 Å². The summed E-state index contributed by atoms with van der Waals surface area (Å²) in [5.74, 6) is 0. The van der Waals surface area contributed by atoms with Gasteiger partial charge < -0.3 is 4.74 Å². The van der Waals surface area contributed by atoms with Crippen LogP contribution in [0.3, 0.4) is 0 Å². The summed E-state index contributed by atoms with van der Waals surface area (Å²) in [4.78, 5) is 9.47. The zero-order chi connectivity index (χ0) is 20.3. The second-order valence-corrected chi connectivity index (χ2v) is 9.40. The van der Waals surface area contributed by atoms with E-state index in [0.717, 1.165) is 31.4 Å². The summed E-state index contributed by atoms with van der Waals surface area (Å²) in [5.41, 5.74) is 4.00. The smallest absolute Gasteiger partial charge is 0.0702 e. The third-order valence-corrected chi connectivity index (χ3v) is 7.39. The van der Waals surface area contributed by atoms with Gasteiger partial charge >= 0.3 is 0 Å². The van der Waals surface area contributed by atoms with Crippen molar-refractivity contribution in [3.05, 3.63) is 72.2 Å². The monoisotopic (exact) mass is 400 g/mol. The quantitative estimate of drug-likeness (QED) is 0.449. The number of pyridine rings is 2. The van der Waals surface area contributed by atoms with Crippen LogP contribution in [0, 0.1) is 0 Å². The molecule has 2 aliphatic rings. The molecule has 2 fully saturated rings. The molecule has 30 heavy (non-hydrogen) atoms. The van der Waals surface area contributed by atoms with E-state index in [1.54, 1.807) is 0 Å². The zero-order valence-electron chi connectivity index (χ0n) is 17.9. The number of hydrogen-bond acceptors (Lipinski definition) is 3. The van der Waals surface area contributed by atoms with Gasteiger partial charge in [-0.1, -0.05) is 43.5 Å². The highest BCUT2D eigenvalue weighted by Gasteiger charge is 2.48. The van der Waals surface area contributed by atoms with Crippen molar-refractivity contribution in [1.82, 2.24) is 9.97 Å². The molecule has 0 bridgehead atoms.